The highest BCUT2D eigenvalue weighted by Gasteiger charge is 2.07. The largest absolute Gasteiger partial charge is 0.373 e. The zero-order valence-electron chi connectivity index (χ0n) is 6.46. The van der Waals surface area contributed by atoms with E-state index in [1.54, 1.807) is 0 Å². The smallest absolute Gasteiger partial charge is 0.291 e. The Kier molecular flexibility index (Phi) is 4.77. The van der Waals surface area contributed by atoms with E-state index in [-0.39, 0.29) is 6.15 Å². The van der Waals surface area contributed by atoms with E-state index in [0.717, 1.165) is 19.0 Å². The van der Waals surface area contributed by atoms with Crippen LogP contribution in [0.15, 0.2) is 0 Å². The van der Waals surface area contributed by atoms with Gasteiger partial charge in [0, 0.05) is 6.42 Å². The summed E-state index contributed by atoms with van der Waals surface area (Å²) in [6.07, 6.45) is 1.44. The fraction of sp³-hybridized carbons (Fsp3) is 0.667. The Morgan fingerprint density at radius 1 is 1.64 bits per heavy atom. The molecule has 0 aromatic rings. The number of hydrogen-bond acceptors (Lipinski definition) is 4. The number of rotatable bonds is 0. The summed E-state index contributed by atoms with van der Waals surface area (Å²) in [5, 5.41) is 3.05. The van der Waals surface area contributed by atoms with E-state index in [0.29, 0.717) is 0 Å². The van der Waals surface area contributed by atoms with Crippen LogP contribution < -0.4 is 11.1 Å². The summed E-state index contributed by atoms with van der Waals surface area (Å²) in [7, 11) is 1.99. The molecule has 1 aliphatic heterocycles. The summed E-state index contributed by atoms with van der Waals surface area (Å²) in [4.78, 5) is 16.2. The van der Waals surface area contributed by atoms with Crippen LogP contribution in [-0.4, -0.2) is 36.8 Å². The Bertz CT molecular complexity index is 168. The lowest BCUT2D eigenvalue weighted by molar-refractivity contribution is -0.504. The maximum Gasteiger partial charge on any atom is 0.373 e. The summed E-state index contributed by atoms with van der Waals surface area (Å²) < 4.78 is 2.02. The molecule has 5 nitrogen and oxygen atoms in total. The SMILES string of the molecule is C[N+]1=C(N)NCCC1.O=C=O. The van der Waals surface area contributed by atoms with E-state index in [1.165, 1.54) is 6.42 Å². The van der Waals surface area contributed by atoms with E-state index in [4.69, 9.17) is 15.3 Å². The van der Waals surface area contributed by atoms with Gasteiger partial charge in [0.15, 0.2) is 0 Å². The lowest BCUT2D eigenvalue weighted by Crippen LogP contribution is -2.44. The van der Waals surface area contributed by atoms with Crippen molar-refractivity contribution < 1.29 is 14.2 Å². The molecule has 1 rings (SSSR count). The first-order valence-electron chi connectivity index (χ1n) is 3.29. The van der Waals surface area contributed by atoms with Crippen molar-refractivity contribution in [3.05, 3.63) is 0 Å². The Hall–Kier alpha value is -1.35. The van der Waals surface area contributed by atoms with E-state index < -0.39 is 0 Å². The lowest BCUT2D eigenvalue weighted by Gasteiger charge is -2.10. The van der Waals surface area contributed by atoms with Crippen LogP contribution in [0.1, 0.15) is 6.42 Å². The molecule has 5 heteroatoms. The molecule has 0 bridgehead atoms. The second-order valence-electron chi connectivity index (χ2n) is 2.17. The van der Waals surface area contributed by atoms with Crippen LogP contribution in [0.4, 0.5) is 0 Å². The highest BCUT2D eigenvalue weighted by molar-refractivity contribution is 5.72. The summed E-state index contributed by atoms with van der Waals surface area (Å²) in [6.45, 7) is 2.11. The first kappa shape index (κ1) is 9.65. The molecule has 0 saturated heterocycles. The van der Waals surface area contributed by atoms with E-state index in [1.807, 2.05) is 11.6 Å². The number of nitrogens with one attached hydrogen (secondary N) is 1. The molecule has 0 spiro atoms. The Morgan fingerprint density at radius 2 is 2.18 bits per heavy atom. The van der Waals surface area contributed by atoms with Gasteiger partial charge in [-0.05, 0) is 0 Å². The molecule has 1 aliphatic rings. The second kappa shape index (κ2) is 5.44. The molecule has 3 N–H and O–H groups in total. The zero-order valence-corrected chi connectivity index (χ0v) is 6.46. The van der Waals surface area contributed by atoms with Gasteiger partial charge in [-0.1, -0.05) is 0 Å². The Balaban J connectivity index is 0.000000292. The highest BCUT2D eigenvalue weighted by atomic mass is 16.2. The third-order valence-electron chi connectivity index (χ3n) is 1.39. The molecule has 11 heavy (non-hydrogen) atoms. The minimum atomic E-state index is 0.250. The second-order valence-corrected chi connectivity index (χ2v) is 2.17. The first-order valence-corrected chi connectivity index (χ1v) is 3.29. The highest BCUT2D eigenvalue weighted by Crippen LogP contribution is 1.82. The van der Waals surface area contributed by atoms with Gasteiger partial charge >= 0.3 is 12.1 Å². The topological polar surface area (TPSA) is 75.2 Å². The maximum absolute atomic E-state index is 8.12. The molecule has 62 valence electrons. The van der Waals surface area contributed by atoms with Crippen LogP contribution in [0.2, 0.25) is 0 Å². The van der Waals surface area contributed by atoms with Crippen molar-refractivity contribution in [3.8, 4) is 0 Å². The van der Waals surface area contributed by atoms with Gasteiger partial charge in [-0.2, -0.15) is 9.59 Å². The van der Waals surface area contributed by atoms with Crippen molar-refractivity contribution >= 4 is 12.1 Å². The predicted octanol–water partition coefficient (Wildman–Crippen LogP) is -1.65. The van der Waals surface area contributed by atoms with Crippen molar-refractivity contribution in [2.24, 2.45) is 5.73 Å². The van der Waals surface area contributed by atoms with Crippen LogP contribution in [0.5, 0.6) is 0 Å². The normalized spacial score (nSPS) is 15.7. The molecule has 0 aromatic carbocycles. The van der Waals surface area contributed by atoms with Gasteiger partial charge in [0.25, 0.3) is 0 Å². The summed E-state index contributed by atoms with van der Waals surface area (Å²) in [5.41, 5.74) is 5.51. The third-order valence-corrected chi connectivity index (χ3v) is 1.39. The molecule has 0 aliphatic carbocycles. The maximum atomic E-state index is 8.12. The van der Waals surface area contributed by atoms with Gasteiger partial charge in [0.05, 0.1) is 20.1 Å². The van der Waals surface area contributed by atoms with Crippen molar-refractivity contribution in [3.63, 3.8) is 0 Å². The monoisotopic (exact) mass is 158 g/mol. The number of guanidine groups is 1. The first-order chi connectivity index (χ1) is 5.22. The Labute approximate surface area is 64.9 Å². The predicted molar refractivity (Wildman–Crippen MR) is 37.9 cm³/mol. The fourth-order valence-corrected chi connectivity index (χ4v) is 0.788. The fourth-order valence-electron chi connectivity index (χ4n) is 0.788. The number of nitrogens with two attached hydrogens (primary N) is 1. The van der Waals surface area contributed by atoms with Crippen LogP contribution in [0.3, 0.4) is 0 Å². The molecular formula is C6H12N3O2+. The van der Waals surface area contributed by atoms with Gasteiger partial charge in [-0.15, -0.1) is 0 Å². The summed E-state index contributed by atoms with van der Waals surface area (Å²) >= 11 is 0. The van der Waals surface area contributed by atoms with Crippen molar-refractivity contribution in [1.82, 2.24) is 5.32 Å². The standard InChI is InChI=1S/C5H11N3.CO2/c1-8-4-2-3-7-5(8)6;2-1-3/h2-4H2,1H3,(H2,6,7);/p+1. The molecule has 0 aromatic heterocycles. The minimum Gasteiger partial charge on any atom is -0.291 e. The summed E-state index contributed by atoms with van der Waals surface area (Å²) in [5.74, 6) is 0.802. The van der Waals surface area contributed by atoms with Crippen LogP contribution >= 0.6 is 0 Å². The van der Waals surface area contributed by atoms with Crippen molar-refractivity contribution in [2.75, 3.05) is 20.1 Å². The van der Waals surface area contributed by atoms with Crippen LogP contribution in [0.25, 0.3) is 0 Å². The third kappa shape index (κ3) is 4.11. The van der Waals surface area contributed by atoms with E-state index in [9.17, 15) is 0 Å². The van der Waals surface area contributed by atoms with Crippen molar-refractivity contribution in [1.29, 1.82) is 0 Å². The quantitative estimate of drug-likeness (QED) is 0.414. The minimum absolute atomic E-state index is 0.250. The molecule has 1 heterocycles. The van der Waals surface area contributed by atoms with Crippen LogP contribution in [0, 0.1) is 0 Å². The molecular weight excluding hydrogens is 146 g/mol. The average molecular weight is 158 g/mol. The lowest BCUT2D eigenvalue weighted by atomic mass is 10.4. The summed E-state index contributed by atoms with van der Waals surface area (Å²) in [6, 6.07) is 0. The molecule has 0 radical (unpaired) electrons. The molecule has 0 unspecified atom stereocenters. The van der Waals surface area contributed by atoms with Gasteiger partial charge in [0.1, 0.15) is 0 Å². The van der Waals surface area contributed by atoms with Crippen molar-refractivity contribution in [2.45, 2.75) is 6.42 Å². The number of nitrogens with zero attached hydrogens (tertiary/aromatic N) is 1. The van der Waals surface area contributed by atoms with E-state index >= 15 is 0 Å². The molecule has 0 saturated carbocycles. The molecule has 0 atom stereocenters. The van der Waals surface area contributed by atoms with Crippen LogP contribution in [-0.2, 0) is 9.59 Å². The van der Waals surface area contributed by atoms with E-state index in [2.05, 4.69) is 5.32 Å². The number of carbonyl (C=O) groups excluding carboxylic acids is 2. The Morgan fingerprint density at radius 3 is 2.45 bits per heavy atom. The zero-order chi connectivity index (χ0) is 8.69. The van der Waals surface area contributed by atoms with Gasteiger partial charge in [0.2, 0.25) is 0 Å². The molecule has 0 amide bonds. The average Bonchev–Trinajstić information content (AvgIpc) is 1.97. The number of hydrogen-bond donors (Lipinski definition) is 2. The van der Waals surface area contributed by atoms with Gasteiger partial charge in [-0.25, -0.2) is 0 Å². The van der Waals surface area contributed by atoms with Gasteiger partial charge in [-0.3, -0.25) is 15.6 Å². The van der Waals surface area contributed by atoms with Gasteiger partial charge < -0.3 is 0 Å². The molecule has 0 fully saturated rings.